The van der Waals surface area contributed by atoms with Crippen molar-refractivity contribution in [2.24, 2.45) is 17.8 Å². The molecule has 1 aliphatic heterocycles. The molecular formula is C29H59NO3. The minimum absolute atomic E-state index is 0.225. The maximum absolute atomic E-state index is 10.6. The number of carbonyl (C=O) groups is 3. The lowest BCUT2D eigenvalue weighted by atomic mass is 10.00. The van der Waals surface area contributed by atoms with Gasteiger partial charge in [0.1, 0.15) is 11.6 Å². The van der Waals surface area contributed by atoms with Crippen LogP contribution in [0.5, 0.6) is 0 Å². The van der Waals surface area contributed by atoms with E-state index in [1.807, 2.05) is 0 Å². The first-order valence-electron chi connectivity index (χ1n) is 13.7. The van der Waals surface area contributed by atoms with Crippen molar-refractivity contribution < 1.29 is 14.4 Å². The summed E-state index contributed by atoms with van der Waals surface area (Å²) in [7, 11) is 0. The van der Waals surface area contributed by atoms with Crippen LogP contribution in [0.4, 0.5) is 0 Å². The fourth-order valence-electron chi connectivity index (χ4n) is 2.62. The van der Waals surface area contributed by atoms with Crippen LogP contribution in [0, 0.1) is 17.8 Å². The van der Waals surface area contributed by atoms with Gasteiger partial charge in [0, 0.05) is 38.6 Å². The van der Waals surface area contributed by atoms with Crippen molar-refractivity contribution in [1.82, 2.24) is 5.32 Å². The molecule has 1 N–H and O–H groups in total. The molecule has 0 aromatic carbocycles. The first-order valence-corrected chi connectivity index (χ1v) is 13.7. The highest BCUT2D eigenvalue weighted by molar-refractivity contribution is 5.80. The summed E-state index contributed by atoms with van der Waals surface area (Å²) < 4.78 is 0. The van der Waals surface area contributed by atoms with E-state index in [0.29, 0.717) is 11.6 Å². The SMILES string of the molecule is CC(C)C.CC(C)C.CC(C)C.O=C1CCCC1.O=C1CCCCC1.O=C1CCCCCN1. The first-order chi connectivity index (χ1) is 15.4. The van der Waals surface area contributed by atoms with E-state index in [1.165, 1.54) is 12.8 Å². The van der Waals surface area contributed by atoms with E-state index in [1.54, 1.807) is 0 Å². The van der Waals surface area contributed by atoms with Crippen molar-refractivity contribution in [3.63, 3.8) is 0 Å². The van der Waals surface area contributed by atoms with Gasteiger partial charge < -0.3 is 5.32 Å². The fourth-order valence-corrected chi connectivity index (χ4v) is 2.62. The molecule has 3 rings (SSSR count). The lowest BCUT2D eigenvalue weighted by Gasteiger charge is -2.05. The van der Waals surface area contributed by atoms with Gasteiger partial charge in [0.15, 0.2) is 0 Å². The minimum Gasteiger partial charge on any atom is -0.356 e. The van der Waals surface area contributed by atoms with Crippen molar-refractivity contribution in [1.29, 1.82) is 0 Å². The Bertz CT molecular complexity index is 407. The Labute approximate surface area is 207 Å². The second kappa shape index (κ2) is 27.1. The maximum Gasteiger partial charge on any atom is 0.219 e. The summed E-state index contributed by atoms with van der Waals surface area (Å²) >= 11 is 0. The number of hydrogen-bond donors (Lipinski definition) is 1. The first kappa shape index (κ1) is 36.4. The Kier molecular flexibility index (Phi) is 29.8. The zero-order valence-corrected chi connectivity index (χ0v) is 23.9. The van der Waals surface area contributed by atoms with Gasteiger partial charge in [-0.3, -0.25) is 14.4 Å². The van der Waals surface area contributed by atoms with Gasteiger partial charge in [-0.1, -0.05) is 75.2 Å². The van der Waals surface area contributed by atoms with Crippen LogP contribution in [-0.2, 0) is 14.4 Å². The monoisotopic (exact) mass is 469 g/mol. The molecule has 33 heavy (non-hydrogen) atoms. The molecule has 3 aliphatic rings. The largest absolute Gasteiger partial charge is 0.356 e. The van der Waals surface area contributed by atoms with Gasteiger partial charge in [-0.15, -0.1) is 0 Å². The summed E-state index contributed by atoms with van der Waals surface area (Å²) in [6, 6.07) is 0. The van der Waals surface area contributed by atoms with Crippen LogP contribution in [-0.4, -0.2) is 24.0 Å². The van der Waals surface area contributed by atoms with Gasteiger partial charge in [-0.25, -0.2) is 0 Å². The molecule has 0 aromatic rings. The zero-order valence-electron chi connectivity index (χ0n) is 23.9. The van der Waals surface area contributed by atoms with Crippen LogP contribution >= 0.6 is 0 Å². The Morgan fingerprint density at radius 1 is 0.455 bits per heavy atom. The highest BCUT2D eigenvalue weighted by atomic mass is 16.1. The minimum atomic E-state index is 0.225. The Balaban J connectivity index is -0.000000337. The quantitative estimate of drug-likeness (QED) is 0.388. The molecule has 2 aliphatic carbocycles. The number of ketones is 2. The summed E-state index contributed by atoms with van der Waals surface area (Å²) in [5.41, 5.74) is 0. The van der Waals surface area contributed by atoms with E-state index in [4.69, 9.17) is 0 Å². The fraction of sp³-hybridized carbons (Fsp3) is 0.897. The third-order valence-electron chi connectivity index (χ3n) is 3.98. The summed E-state index contributed by atoms with van der Waals surface area (Å²) in [4.78, 5) is 31.3. The van der Waals surface area contributed by atoms with Gasteiger partial charge in [0.2, 0.25) is 5.91 Å². The second-order valence-electron chi connectivity index (χ2n) is 11.2. The van der Waals surface area contributed by atoms with E-state index in [2.05, 4.69) is 67.6 Å². The number of amides is 1. The Morgan fingerprint density at radius 2 is 0.727 bits per heavy atom. The van der Waals surface area contributed by atoms with Crippen molar-refractivity contribution >= 4 is 17.5 Å². The molecule has 0 atom stereocenters. The summed E-state index contributed by atoms with van der Waals surface area (Å²) in [6.45, 7) is 20.4. The molecule has 0 aromatic heterocycles. The predicted octanol–water partition coefficient (Wildman–Crippen LogP) is 8.31. The number of nitrogens with one attached hydrogen (secondary N) is 1. The van der Waals surface area contributed by atoms with Crippen LogP contribution in [0.25, 0.3) is 0 Å². The average molecular weight is 470 g/mol. The van der Waals surface area contributed by atoms with E-state index >= 15 is 0 Å². The van der Waals surface area contributed by atoms with Crippen molar-refractivity contribution in [2.45, 2.75) is 146 Å². The van der Waals surface area contributed by atoms with Crippen molar-refractivity contribution in [3.8, 4) is 0 Å². The lowest BCUT2D eigenvalue weighted by molar-refractivity contribution is -0.121. The topological polar surface area (TPSA) is 63.2 Å². The molecule has 1 heterocycles. The van der Waals surface area contributed by atoms with Crippen molar-refractivity contribution in [3.05, 3.63) is 0 Å². The van der Waals surface area contributed by atoms with Crippen LogP contribution in [0.3, 0.4) is 0 Å². The average Bonchev–Trinajstić information content (AvgIpc) is 3.03. The van der Waals surface area contributed by atoms with Gasteiger partial charge in [0.25, 0.3) is 0 Å². The number of rotatable bonds is 0. The van der Waals surface area contributed by atoms with Gasteiger partial charge >= 0.3 is 0 Å². The summed E-state index contributed by atoms with van der Waals surface area (Å²) in [5, 5.41) is 2.81. The molecule has 0 spiro atoms. The molecule has 0 radical (unpaired) electrons. The van der Waals surface area contributed by atoms with Gasteiger partial charge in [-0.2, -0.15) is 0 Å². The standard InChI is InChI=1S/C6H11NO.C6H10O.C5H8O.3C4H10/c8-6-4-2-1-3-5-7-6;7-6-4-2-1-3-5-6;6-5-3-1-2-4-5;3*1-4(2)3/h1-5H2,(H,7,8);1-5H2;1-4H2;3*4H,1-3H3. The van der Waals surface area contributed by atoms with E-state index in [-0.39, 0.29) is 5.91 Å². The molecule has 198 valence electrons. The molecule has 1 amide bonds. The molecule has 0 bridgehead atoms. The van der Waals surface area contributed by atoms with Crippen molar-refractivity contribution in [2.75, 3.05) is 6.54 Å². The summed E-state index contributed by atoms with van der Waals surface area (Å²) in [5.74, 6) is 3.64. The number of Topliss-reactive ketones (excluding diaryl/α,β-unsaturated/α-hetero) is 2. The Hall–Kier alpha value is -1.19. The predicted molar refractivity (Wildman–Crippen MR) is 145 cm³/mol. The highest BCUT2D eigenvalue weighted by Gasteiger charge is 2.07. The zero-order chi connectivity index (χ0) is 26.1. The van der Waals surface area contributed by atoms with Crippen LogP contribution in [0.2, 0.25) is 0 Å². The number of hydrogen-bond acceptors (Lipinski definition) is 3. The molecule has 4 nitrogen and oxygen atoms in total. The highest BCUT2D eigenvalue weighted by Crippen LogP contribution is 2.12. The van der Waals surface area contributed by atoms with Crippen LogP contribution < -0.4 is 5.32 Å². The molecule has 2 saturated carbocycles. The van der Waals surface area contributed by atoms with E-state index in [9.17, 15) is 14.4 Å². The Morgan fingerprint density at radius 3 is 1.03 bits per heavy atom. The maximum atomic E-state index is 10.6. The smallest absolute Gasteiger partial charge is 0.219 e. The van der Waals surface area contributed by atoms with Gasteiger partial charge in [0.05, 0.1) is 0 Å². The van der Waals surface area contributed by atoms with Gasteiger partial charge in [-0.05, 0) is 56.3 Å². The molecular weight excluding hydrogens is 410 g/mol. The van der Waals surface area contributed by atoms with E-state index in [0.717, 1.165) is 94.9 Å². The summed E-state index contributed by atoms with van der Waals surface area (Å²) in [6.07, 6.45) is 13.4. The second-order valence-corrected chi connectivity index (χ2v) is 11.2. The normalized spacial score (nSPS) is 17.4. The molecule has 1 saturated heterocycles. The molecule has 0 unspecified atom stereocenters. The molecule has 3 fully saturated rings. The lowest BCUT2D eigenvalue weighted by Crippen LogP contribution is -2.21. The molecule has 4 heteroatoms. The number of carbonyl (C=O) groups excluding carboxylic acids is 3. The van der Waals surface area contributed by atoms with Crippen LogP contribution in [0.15, 0.2) is 0 Å². The third-order valence-corrected chi connectivity index (χ3v) is 3.98. The third kappa shape index (κ3) is 49.2. The van der Waals surface area contributed by atoms with E-state index < -0.39 is 0 Å². The van der Waals surface area contributed by atoms with Crippen LogP contribution in [0.1, 0.15) is 146 Å².